The number of aromatic nitrogens is 2. The quantitative estimate of drug-likeness (QED) is 0.383. The predicted octanol–water partition coefficient (Wildman–Crippen LogP) is 5.34. The number of piperidine rings is 1. The number of hydrogen-bond acceptors (Lipinski definition) is 5. The normalized spacial score (nSPS) is 15.8. The van der Waals surface area contributed by atoms with Crippen LogP contribution >= 0.6 is 11.6 Å². The Morgan fingerprint density at radius 3 is 2.31 bits per heavy atom. The van der Waals surface area contributed by atoms with E-state index in [9.17, 15) is 5.11 Å². The average Bonchev–Trinajstić information content (AvgIpc) is 3.26. The van der Waals surface area contributed by atoms with E-state index in [1.54, 1.807) is 0 Å². The van der Waals surface area contributed by atoms with E-state index in [4.69, 9.17) is 21.1 Å². The van der Waals surface area contributed by atoms with Crippen molar-refractivity contribution in [2.45, 2.75) is 58.7 Å². The maximum atomic E-state index is 11.0. The predicted molar refractivity (Wildman–Crippen MR) is 139 cm³/mol. The fraction of sp³-hybridized carbons (Fsp3) is 0.464. The summed E-state index contributed by atoms with van der Waals surface area (Å²) in [6.07, 6.45) is 6.22. The van der Waals surface area contributed by atoms with Crippen molar-refractivity contribution in [3.63, 3.8) is 0 Å². The lowest BCUT2D eigenvalue weighted by Gasteiger charge is -2.38. The van der Waals surface area contributed by atoms with Crippen LogP contribution in [0.2, 0.25) is 5.02 Å². The van der Waals surface area contributed by atoms with Gasteiger partial charge in [-0.15, -0.1) is 0 Å². The Balaban J connectivity index is 1.17. The maximum Gasteiger partial charge on any atom is 0.120 e. The van der Waals surface area contributed by atoms with Crippen LogP contribution in [0.5, 0.6) is 11.5 Å². The number of halogens is 1. The van der Waals surface area contributed by atoms with Crippen LogP contribution in [0.15, 0.2) is 48.8 Å². The average molecular weight is 498 g/mol. The molecule has 7 heteroatoms. The first-order valence-corrected chi connectivity index (χ1v) is 12.7. The molecule has 0 bridgehead atoms. The van der Waals surface area contributed by atoms with Crippen LogP contribution in [-0.2, 0) is 13.1 Å². The minimum absolute atomic E-state index is 0.299. The summed E-state index contributed by atoms with van der Waals surface area (Å²) in [5, 5.41) is 16.1. The van der Waals surface area contributed by atoms with Crippen molar-refractivity contribution in [3.05, 3.63) is 76.1 Å². The molecule has 0 saturated carbocycles. The summed E-state index contributed by atoms with van der Waals surface area (Å²) in [5.41, 5.74) is 3.60. The molecule has 0 spiro atoms. The lowest BCUT2D eigenvalue weighted by molar-refractivity contribution is -0.0537. The standard InChI is InChI=1S/C28H36ClN3O3/c1-21-17-30-32(18-21)11-4-14-34-25-7-5-24(6-8-25)19-31-12-9-28(33,10-13-31)20-35-26-15-22(2)27(29)23(3)16-26/h5-8,15-18,33H,4,9-14,19-20H2,1-3H3. The highest BCUT2D eigenvalue weighted by atomic mass is 35.5. The van der Waals surface area contributed by atoms with Gasteiger partial charge in [0.05, 0.1) is 12.8 Å². The third kappa shape index (κ3) is 7.23. The third-order valence-electron chi connectivity index (χ3n) is 6.60. The minimum atomic E-state index is -0.801. The van der Waals surface area contributed by atoms with Crippen LogP contribution in [0.3, 0.4) is 0 Å². The molecule has 35 heavy (non-hydrogen) atoms. The molecule has 3 aromatic rings. The summed E-state index contributed by atoms with van der Waals surface area (Å²) in [4.78, 5) is 2.38. The maximum absolute atomic E-state index is 11.0. The van der Waals surface area contributed by atoms with Gasteiger partial charge in [0.25, 0.3) is 0 Å². The van der Waals surface area contributed by atoms with Gasteiger partial charge >= 0.3 is 0 Å². The second-order valence-electron chi connectivity index (χ2n) is 9.79. The lowest BCUT2D eigenvalue weighted by atomic mass is 9.92. The number of benzene rings is 2. The van der Waals surface area contributed by atoms with Gasteiger partial charge in [-0.3, -0.25) is 9.58 Å². The van der Waals surface area contributed by atoms with E-state index in [1.165, 1.54) is 11.1 Å². The fourth-order valence-electron chi connectivity index (χ4n) is 4.43. The molecule has 2 heterocycles. The van der Waals surface area contributed by atoms with Gasteiger partial charge in [0.1, 0.15) is 23.7 Å². The first-order valence-electron chi connectivity index (χ1n) is 12.3. The molecule has 1 N–H and O–H groups in total. The van der Waals surface area contributed by atoms with E-state index in [-0.39, 0.29) is 0 Å². The van der Waals surface area contributed by atoms with Crippen molar-refractivity contribution in [3.8, 4) is 11.5 Å². The highest BCUT2D eigenvalue weighted by Gasteiger charge is 2.33. The van der Waals surface area contributed by atoms with Crippen LogP contribution in [0.1, 0.15) is 41.5 Å². The Morgan fingerprint density at radius 2 is 1.69 bits per heavy atom. The van der Waals surface area contributed by atoms with Crippen molar-refractivity contribution in [2.24, 2.45) is 0 Å². The van der Waals surface area contributed by atoms with Gasteiger partial charge in [-0.25, -0.2) is 0 Å². The topological polar surface area (TPSA) is 59.8 Å². The SMILES string of the molecule is Cc1cnn(CCCOc2ccc(CN3CCC(O)(COc4cc(C)c(Cl)c(C)c4)CC3)cc2)c1. The first kappa shape index (κ1) is 25.5. The van der Waals surface area contributed by atoms with Gasteiger partial charge in [-0.2, -0.15) is 5.10 Å². The van der Waals surface area contributed by atoms with Crippen LogP contribution in [0.25, 0.3) is 0 Å². The van der Waals surface area contributed by atoms with E-state index in [0.29, 0.717) is 26.1 Å². The van der Waals surface area contributed by atoms with Crippen molar-refractivity contribution in [2.75, 3.05) is 26.3 Å². The van der Waals surface area contributed by atoms with Gasteiger partial charge in [-0.1, -0.05) is 23.7 Å². The second-order valence-corrected chi connectivity index (χ2v) is 10.2. The highest BCUT2D eigenvalue weighted by Crippen LogP contribution is 2.29. The largest absolute Gasteiger partial charge is 0.494 e. The molecule has 1 saturated heterocycles. The number of nitrogens with zero attached hydrogens (tertiary/aromatic N) is 3. The smallest absolute Gasteiger partial charge is 0.120 e. The lowest BCUT2D eigenvalue weighted by Crippen LogP contribution is -2.47. The minimum Gasteiger partial charge on any atom is -0.494 e. The van der Waals surface area contributed by atoms with E-state index >= 15 is 0 Å². The number of likely N-dealkylation sites (tertiary alicyclic amines) is 1. The number of hydrogen-bond donors (Lipinski definition) is 1. The van der Waals surface area contributed by atoms with Gasteiger partial charge in [0, 0.05) is 43.8 Å². The molecule has 188 valence electrons. The molecular formula is C28H36ClN3O3. The molecule has 6 nitrogen and oxygen atoms in total. The van der Waals surface area contributed by atoms with Gasteiger partial charge < -0.3 is 14.6 Å². The van der Waals surface area contributed by atoms with Crippen LogP contribution in [0.4, 0.5) is 0 Å². The van der Waals surface area contributed by atoms with Crippen LogP contribution in [-0.4, -0.2) is 51.7 Å². The summed E-state index contributed by atoms with van der Waals surface area (Å²) >= 11 is 6.25. The zero-order valence-electron chi connectivity index (χ0n) is 21.0. The molecular weight excluding hydrogens is 462 g/mol. The van der Waals surface area contributed by atoms with E-state index in [0.717, 1.165) is 60.2 Å². The first-order chi connectivity index (χ1) is 16.8. The van der Waals surface area contributed by atoms with Crippen molar-refractivity contribution >= 4 is 11.6 Å². The fourth-order valence-corrected chi connectivity index (χ4v) is 4.54. The molecule has 2 aromatic carbocycles. The van der Waals surface area contributed by atoms with Crippen molar-refractivity contribution < 1.29 is 14.6 Å². The van der Waals surface area contributed by atoms with Gasteiger partial charge in [-0.05, 0) is 80.1 Å². The van der Waals surface area contributed by atoms with Crippen molar-refractivity contribution in [1.82, 2.24) is 14.7 Å². The summed E-state index contributed by atoms with van der Waals surface area (Å²) < 4.78 is 13.8. The molecule has 0 radical (unpaired) electrons. The zero-order chi connectivity index (χ0) is 24.8. The Hall–Kier alpha value is -2.54. The molecule has 1 aliphatic rings. The summed E-state index contributed by atoms with van der Waals surface area (Å²) in [5.74, 6) is 1.65. The summed E-state index contributed by atoms with van der Waals surface area (Å²) in [6.45, 7) is 10.4. The number of aliphatic hydroxyl groups is 1. The van der Waals surface area contributed by atoms with Gasteiger partial charge in [0.15, 0.2) is 0 Å². The molecule has 0 unspecified atom stereocenters. The van der Waals surface area contributed by atoms with E-state index < -0.39 is 5.60 Å². The van der Waals surface area contributed by atoms with Crippen molar-refractivity contribution in [1.29, 1.82) is 0 Å². The highest BCUT2D eigenvalue weighted by molar-refractivity contribution is 6.32. The Morgan fingerprint density at radius 1 is 1.00 bits per heavy atom. The van der Waals surface area contributed by atoms with Crippen LogP contribution < -0.4 is 9.47 Å². The summed E-state index contributed by atoms with van der Waals surface area (Å²) in [6, 6.07) is 12.2. The molecule has 1 aromatic heterocycles. The zero-order valence-corrected chi connectivity index (χ0v) is 21.7. The number of ether oxygens (including phenoxy) is 2. The van der Waals surface area contributed by atoms with Crippen LogP contribution in [0, 0.1) is 20.8 Å². The Labute approximate surface area is 213 Å². The molecule has 1 aliphatic heterocycles. The summed E-state index contributed by atoms with van der Waals surface area (Å²) in [7, 11) is 0. The molecule has 1 fully saturated rings. The molecule has 0 amide bonds. The number of rotatable bonds is 10. The Kier molecular flexibility index (Phi) is 8.37. The second kappa shape index (κ2) is 11.5. The van der Waals surface area contributed by atoms with E-state index in [1.807, 2.05) is 62.1 Å². The number of aryl methyl sites for hydroxylation is 4. The molecule has 0 atom stereocenters. The van der Waals surface area contributed by atoms with Gasteiger partial charge in [0.2, 0.25) is 0 Å². The molecule has 0 aliphatic carbocycles. The third-order valence-corrected chi connectivity index (χ3v) is 7.19. The van der Waals surface area contributed by atoms with E-state index in [2.05, 4.69) is 22.1 Å². The Bertz CT molecular complexity index is 1080. The molecule has 4 rings (SSSR count). The monoisotopic (exact) mass is 497 g/mol.